The van der Waals surface area contributed by atoms with Gasteiger partial charge in [-0.05, 0) is 66.1 Å². The Morgan fingerprint density at radius 1 is 1.00 bits per heavy atom. The Morgan fingerprint density at radius 3 is 2.47 bits per heavy atom. The van der Waals surface area contributed by atoms with Gasteiger partial charge in [-0.1, -0.05) is 51.0 Å². The van der Waals surface area contributed by atoms with E-state index >= 15 is 0 Å². The number of imide groups is 1. The van der Waals surface area contributed by atoms with Crippen LogP contribution in [0, 0.1) is 29.6 Å². The van der Waals surface area contributed by atoms with Crippen LogP contribution >= 0.6 is 50.6 Å². The summed E-state index contributed by atoms with van der Waals surface area (Å²) in [5.74, 6) is -0.321. The molecule has 1 saturated heterocycles. The summed E-state index contributed by atoms with van der Waals surface area (Å²) in [5, 5.41) is 1.69. The lowest BCUT2D eigenvalue weighted by atomic mass is 9.68. The molecule has 5 unspecified atom stereocenters. The molecule has 34 heavy (non-hydrogen) atoms. The van der Waals surface area contributed by atoms with Gasteiger partial charge >= 0.3 is 4.87 Å². The highest BCUT2D eigenvalue weighted by atomic mass is 79.9. The first-order chi connectivity index (χ1) is 16.4. The van der Waals surface area contributed by atoms with Crippen molar-refractivity contribution in [2.24, 2.45) is 29.6 Å². The predicted octanol–water partition coefficient (Wildman–Crippen LogP) is 5.53. The fourth-order valence-electron chi connectivity index (χ4n) is 6.93. The van der Waals surface area contributed by atoms with Gasteiger partial charge in [0.25, 0.3) is 0 Å². The molecule has 0 spiro atoms. The van der Waals surface area contributed by atoms with Gasteiger partial charge in [-0.15, -0.1) is 11.8 Å². The fraction of sp³-hybridized carbons (Fsp3) is 0.320. The molecule has 2 saturated carbocycles. The number of carbonyl (C=O) groups is 2. The number of aromatic amines is 1. The van der Waals surface area contributed by atoms with Crippen LogP contribution in [-0.2, 0) is 9.59 Å². The van der Waals surface area contributed by atoms with E-state index in [2.05, 4.69) is 33.0 Å². The Labute approximate surface area is 217 Å². The van der Waals surface area contributed by atoms with E-state index in [1.54, 1.807) is 36.0 Å². The number of thioether (sulfide) groups is 1. The summed E-state index contributed by atoms with van der Waals surface area (Å²) in [4.78, 5) is 45.1. The number of halogens is 2. The third-order valence-electron chi connectivity index (χ3n) is 8.02. The summed E-state index contributed by atoms with van der Waals surface area (Å²) < 4.78 is 0.992. The van der Waals surface area contributed by atoms with Crippen LogP contribution in [0.1, 0.15) is 22.8 Å². The molecule has 9 heteroatoms. The lowest BCUT2D eigenvalue weighted by molar-refractivity contribution is -0.123. The molecule has 172 valence electrons. The van der Waals surface area contributed by atoms with E-state index in [0.717, 1.165) is 26.4 Å². The number of aromatic nitrogens is 1. The smallest absolute Gasteiger partial charge is 0.305 e. The number of rotatable bonds is 2. The van der Waals surface area contributed by atoms with E-state index in [4.69, 9.17) is 11.6 Å². The monoisotopic (exact) mass is 572 g/mol. The largest absolute Gasteiger partial charge is 0.307 e. The maximum atomic E-state index is 13.7. The van der Waals surface area contributed by atoms with Crippen LogP contribution in [0.5, 0.6) is 0 Å². The molecular weight excluding hydrogens is 556 g/mol. The van der Waals surface area contributed by atoms with Gasteiger partial charge in [0.2, 0.25) is 11.8 Å². The third-order valence-corrected chi connectivity index (χ3v) is 11.4. The highest BCUT2D eigenvalue weighted by Crippen LogP contribution is 2.68. The number of hydrogen-bond donors (Lipinski definition) is 1. The molecule has 2 amide bonds. The second kappa shape index (κ2) is 7.56. The first kappa shape index (κ1) is 21.4. The Bertz CT molecular complexity index is 1420. The second-order valence-electron chi connectivity index (χ2n) is 9.50. The van der Waals surface area contributed by atoms with Crippen molar-refractivity contribution in [1.29, 1.82) is 0 Å². The summed E-state index contributed by atoms with van der Waals surface area (Å²) in [6.07, 6.45) is 0.882. The zero-order valence-electron chi connectivity index (χ0n) is 17.6. The van der Waals surface area contributed by atoms with Crippen molar-refractivity contribution in [2.75, 3.05) is 4.90 Å². The molecule has 2 aliphatic carbocycles. The predicted molar refractivity (Wildman–Crippen MR) is 137 cm³/mol. The highest BCUT2D eigenvalue weighted by molar-refractivity contribution is 9.10. The summed E-state index contributed by atoms with van der Waals surface area (Å²) in [5.41, 5.74) is 1.74. The maximum Gasteiger partial charge on any atom is 0.305 e. The van der Waals surface area contributed by atoms with E-state index < -0.39 is 0 Å². The van der Waals surface area contributed by atoms with Crippen molar-refractivity contribution < 1.29 is 9.59 Å². The molecule has 5 nitrogen and oxygen atoms in total. The molecule has 7 rings (SSSR count). The molecule has 0 radical (unpaired) electrons. The Morgan fingerprint density at radius 2 is 1.74 bits per heavy atom. The summed E-state index contributed by atoms with van der Waals surface area (Å²) in [6.45, 7) is 0. The number of hydrogen-bond acceptors (Lipinski definition) is 5. The SMILES string of the molecule is O=C1C2C(C(=O)N1c1ccc(Cl)cc1)[C@@H]1C[C@H]2C2Sc3[nH]c(=O)sc3C(c3cccc(Br)c3)C21. The van der Waals surface area contributed by atoms with Crippen LogP contribution in [0.25, 0.3) is 0 Å². The minimum absolute atomic E-state index is 0.0335. The number of fused-ring (bicyclic) bond motifs is 9. The molecule has 1 aromatic heterocycles. The van der Waals surface area contributed by atoms with Gasteiger partial charge in [-0.2, -0.15) is 0 Å². The normalized spacial score (nSPS) is 33.2. The van der Waals surface area contributed by atoms with E-state index in [-0.39, 0.29) is 57.4 Å². The molecule has 2 aliphatic heterocycles. The topological polar surface area (TPSA) is 70.2 Å². The van der Waals surface area contributed by atoms with E-state index in [0.29, 0.717) is 10.7 Å². The number of thiazole rings is 1. The number of nitrogens with zero attached hydrogens (tertiary/aromatic N) is 1. The van der Waals surface area contributed by atoms with Gasteiger partial charge in [-0.25, -0.2) is 0 Å². The third kappa shape index (κ3) is 2.89. The van der Waals surface area contributed by atoms with E-state index in [9.17, 15) is 14.4 Å². The average Bonchev–Trinajstić information content (AvgIpc) is 3.53. The first-order valence-electron chi connectivity index (χ1n) is 11.2. The fourth-order valence-corrected chi connectivity index (χ4v) is 10.4. The van der Waals surface area contributed by atoms with E-state index in [1.807, 2.05) is 12.1 Å². The molecule has 7 atom stereocenters. The summed E-state index contributed by atoms with van der Waals surface area (Å²) in [7, 11) is 0. The van der Waals surface area contributed by atoms with Crippen molar-refractivity contribution >= 4 is 68.1 Å². The van der Waals surface area contributed by atoms with Crippen molar-refractivity contribution in [3.05, 3.63) is 78.1 Å². The van der Waals surface area contributed by atoms with Crippen molar-refractivity contribution in [3.8, 4) is 0 Å². The van der Waals surface area contributed by atoms with E-state index in [1.165, 1.54) is 16.2 Å². The second-order valence-corrected chi connectivity index (χ2v) is 13.1. The van der Waals surface area contributed by atoms with Gasteiger partial charge in [0.05, 0.1) is 22.5 Å². The van der Waals surface area contributed by atoms with Crippen molar-refractivity contribution in [1.82, 2.24) is 4.98 Å². The van der Waals surface area contributed by atoms with Gasteiger partial charge in [0.1, 0.15) is 0 Å². The number of benzene rings is 2. The molecule has 2 bridgehead atoms. The number of anilines is 1. The summed E-state index contributed by atoms with van der Waals surface area (Å²) >= 11 is 12.6. The lowest BCUT2D eigenvalue weighted by Crippen LogP contribution is -2.42. The summed E-state index contributed by atoms with van der Waals surface area (Å²) in [6, 6.07) is 15.2. The van der Waals surface area contributed by atoms with Crippen molar-refractivity contribution in [3.63, 3.8) is 0 Å². The molecule has 1 N–H and O–H groups in total. The van der Waals surface area contributed by atoms with Crippen LogP contribution in [0.4, 0.5) is 5.69 Å². The maximum absolute atomic E-state index is 13.7. The number of carbonyl (C=O) groups excluding carboxylic acids is 2. The quantitative estimate of drug-likeness (QED) is 0.409. The minimum atomic E-state index is -0.304. The van der Waals surface area contributed by atoms with Crippen LogP contribution in [0.2, 0.25) is 5.02 Å². The van der Waals surface area contributed by atoms with Gasteiger partial charge in [-0.3, -0.25) is 19.3 Å². The Hall–Kier alpha value is -1.87. The Kier molecular flexibility index (Phi) is 4.76. The average molecular weight is 574 g/mol. The number of H-pyrrole nitrogens is 1. The molecule has 3 fully saturated rings. The number of amides is 2. The molecular formula is C25H18BrClN2O3S2. The van der Waals surface area contributed by atoms with Crippen LogP contribution < -0.4 is 9.77 Å². The van der Waals surface area contributed by atoms with Gasteiger partial charge < -0.3 is 4.98 Å². The zero-order valence-corrected chi connectivity index (χ0v) is 21.6. The Balaban J connectivity index is 1.33. The first-order valence-corrected chi connectivity index (χ1v) is 14.1. The molecule has 4 aliphatic rings. The van der Waals surface area contributed by atoms with Crippen LogP contribution in [-0.4, -0.2) is 22.0 Å². The highest BCUT2D eigenvalue weighted by Gasteiger charge is 2.69. The lowest BCUT2D eigenvalue weighted by Gasteiger charge is -2.43. The standard InChI is InChI=1S/C25H18BrClN2O3S2/c26-11-3-1-2-10(8-11)16-17-14-9-15(20(17)33-22-21(16)34-25(32)28-22)19-18(14)23(30)29(24(19)31)13-6-4-12(27)5-7-13/h1-8,14-20H,9H2,(H,28,32)/t14-,15-,16?,17?,18?,19?,20?/m1/s1. The minimum Gasteiger partial charge on any atom is -0.307 e. The molecule has 3 aromatic rings. The van der Waals surface area contributed by atoms with Gasteiger partial charge in [0, 0.05) is 25.5 Å². The zero-order chi connectivity index (χ0) is 23.3. The molecule has 3 heterocycles. The van der Waals surface area contributed by atoms with Crippen molar-refractivity contribution in [2.45, 2.75) is 22.6 Å². The van der Waals surface area contributed by atoms with Crippen LogP contribution in [0.15, 0.2) is 62.8 Å². The van der Waals surface area contributed by atoms with Gasteiger partial charge in [0.15, 0.2) is 0 Å². The van der Waals surface area contributed by atoms with Crippen LogP contribution in [0.3, 0.4) is 0 Å². The molecule has 2 aromatic carbocycles. The number of nitrogens with one attached hydrogen (secondary N) is 1.